The van der Waals surface area contributed by atoms with E-state index in [1.807, 2.05) is 35.7 Å². The van der Waals surface area contributed by atoms with Crippen LogP contribution in [-0.4, -0.2) is 52.4 Å². The Kier molecular flexibility index (Phi) is 6.81. The number of alkyl carbamates (subject to hydrolysis) is 1. The number of pyridine rings is 1. The fourth-order valence-corrected chi connectivity index (χ4v) is 3.51. The van der Waals surface area contributed by atoms with E-state index in [9.17, 15) is 14.7 Å². The van der Waals surface area contributed by atoms with Gasteiger partial charge in [-0.05, 0) is 57.5 Å². The number of ether oxygens (including phenoxy) is 3. The van der Waals surface area contributed by atoms with Gasteiger partial charge in [0.25, 0.3) is 0 Å². The molecule has 33 heavy (non-hydrogen) atoms. The summed E-state index contributed by atoms with van der Waals surface area (Å²) < 4.78 is 17.8. The molecule has 0 fully saturated rings. The van der Waals surface area contributed by atoms with E-state index in [4.69, 9.17) is 19.2 Å². The van der Waals surface area contributed by atoms with Crippen LogP contribution in [0.1, 0.15) is 32.0 Å². The first kappa shape index (κ1) is 23.9. The molecule has 0 bridgehead atoms. The lowest BCUT2D eigenvalue weighted by molar-refractivity contribution is -0.139. The molecule has 2 heterocycles. The molecule has 9 heteroatoms. The van der Waals surface area contributed by atoms with E-state index in [2.05, 4.69) is 5.32 Å². The second-order valence-corrected chi connectivity index (χ2v) is 8.60. The molecule has 0 saturated carbocycles. The first-order valence-corrected chi connectivity index (χ1v) is 10.5. The zero-order chi connectivity index (χ0) is 24.3. The Hall–Kier alpha value is -3.75. The Morgan fingerprint density at radius 3 is 2.45 bits per heavy atom. The summed E-state index contributed by atoms with van der Waals surface area (Å²) in [5.41, 5.74) is 2.81. The van der Waals surface area contributed by atoms with E-state index in [1.165, 1.54) is 0 Å². The van der Waals surface area contributed by atoms with Crippen molar-refractivity contribution in [2.75, 3.05) is 14.2 Å². The average molecular weight is 456 g/mol. The number of nitrogens with zero attached hydrogens (tertiary/aromatic N) is 2. The number of aliphatic carboxylic acids is 1. The van der Waals surface area contributed by atoms with E-state index in [1.54, 1.807) is 47.1 Å². The highest BCUT2D eigenvalue weighted by molar-refractivity contribution is 5.81. The van der Waals surface area contributed by atoms with Crippen LogP contribution in [0, 0.1) is 6.92 Å². The van der Waals surface area contributed by atoms with E-state index >= 15 is 0 Å². The third-order valence-corrected chi connectivity index (χ3v) is 4.99. The number of carboxylic acids is 1. The van der Waals surface area contributed by atoms with Crippen molar-refractivity contribution in [2.45, 2.75) is 45.8 Å². The maximum absolute atomic E-state index is 12.3. The molecule has 0 aliphatic rings. The maximum atomic E-state index is 12.3. The Bertz CT molecular complexity index is 1180. The normalized spacial score (nSPS) is 12.3. The van der Waals surface area contributed by atoms with Crippen molar-refractivity contribution in [2.24, 2.45) is 0 Å². The smallest absolute Gasteiger partial charge is 0.408 e. The zero-order valence-electron chi connectivity index (χ0n) is 19.6. The molecule has 0 saturated heterocycles. The lowest BCUT2D eigenvalue weighted by atomic mass is 10.0. The topological polar surface area (TPSA) is 111 Å². The number of rotatable bonds is 7. The molecule has 0 radical (unpaired) electrons. The van der Waals surface area contributed by atoms with Gasteiger partial charge in [-0.25, -0.2) is 14.6 Å². The Balaban J connectivity index is 2.08. The molecule has 1 amide bonds. The number of methoxy groups -OCH3 is 2. The minimum atomic E-state index is -1.22. The zero-order valence-corrected chi connectivity index (χ0v) is 19.6. The van der Waals surface area contributed by atoms with Crippen molar-refractivity contribution < 1.29 is 28.9 Å². The molecule has 1 atom stereocenters. The van der Waals surface area contributed by atoms with Crippen molar-refractivity contribution in [3.05, 3.63) is 47.8 Å². The quantitative estimate of drug-likeness (QED) is 0.557. The molecule has 0 aliphatic carbocycles. The molecule has 1 unspecified atom stereocenters. The second kappa shape index (κ2) is 9.40. The second-order valence-electron chi connectivity index (χ2n) is 8.60. The third kappa shape index (κ3) is 5.36. The van der Waals surface area contributed by atoms with Gasteiger partial charge in [0.05, 0.1) is 25.6 Å². The number of nitrogens with one attached hydrogen (secondary N) is 1. The van der Waals surface area contributed by atoms with Gasteiger partial charge in [-0.2, -0.15) is 0 Å². The van der Waals surface area contributed by atoms with Gasteiger partial charge in [0, 0.05) is 18.2 Å². The SMILES string of the molecule is COc1ccc(-c2nc3c(C)cccn3c2CC(NC(=O)OC(C)(C)C)C(=O)O)cc1OC. The molecule has 3 aromatic rings. The van der Waals surface area contributed by atoms with Crippen molar-refractivity contribution in [3.8, 4) is 22.8 Å². The van der Waals surface area contributed by atoms with E-state index < -0.39 is 23.7 Å². The molecular formula is C24H29N3O6. The number of carboxylic acid groups (broad SMARTS) is 1. The highest BCUT2D eigenvalue weighted by Crippen LogP contribution is 2.34. The molecule has 3 rings (SSSR count). The van der Waals surface area contributed by atoms with Crippen LogP contribution >= 0.6 is 0 Å². The number of fused-ring (bicyclic) bond motifs is 1. The Labute approximate surface area is 192 Å². The van der Waals surface area contributed by atoms with Crippen LogP contribution in [0.25, 0.3) is 16.9 Å². The summed E-state index contributed by atoms with van der Waals surface area (Å²) in [4.78, 5) is 29.1. The maximum Gasteiger partial charge on any atom is 0.408 e. The third-order valence-electron chi connectivity index (χ3n) is 4.99. The van der Waals surface area contributed by atoms with Crippen LogP contribution < -0.4 is 14.8 Å². The number of aromatic nitrogens is 2. The summed E-state index contributed by atoms with van der Waals surface area (Å²) in [6.07, 6.45) is 1.01. The van der Waals surface area contributed by atoms with E-state index in [0.29, 0.717) is 28.5 Å². The molecule has 176 valence electrons. The lowest BCUT2D eigenvalue weighted by Gasteiger charge is -2.22. The molecule has 2 N–H and O–H groups in total. The van der Waals surface area contributed by atoms with Crippen LogP contribution in [0.5, 0.6) is 11.5 Å². The highest BCUT2D eigenvalue weighted by atomic mass is 16.6. The van der Waals surface area contributed by atoms with E-state index in [-0.39, 0.29) is 6.42 Å². The van der Waals surface area contributed by atoms with Crippen molar-refractivity contribution in [1.82, 2.24) is 14.7 Å². The number of hydrogen-bond donors (Lipinski definition) is 2. The molecule has 0 aliphatic heterocycles. The lowest BCUT2D eigenvalue weighted by Crippen LogP contribution is -2.44. The molecule has 1 aromatic carbocycles. The highest BCUT2D eigenvalue weighted by Gasteiger charge is 2.28. The predicted octanol–water partition coefficient (Wildman–Crippen LogP) is 3.85. The van der Waals surface area contributed by atoms with Gasteiger partial charge in [-0.15, -0.1) is 0 Å². The predicted molar refractivity (Wildman–Crippen MR) is 123 cm³/mol. The largest absolute Gasteiger partial charge is 0.493 e. The summed E-state index contributed by atoms with van der Waals surface area (Å²) >= 11 is 0. The van der Waals surface area contributed by atoms with Gasteiger partial charge < -0.3 is 29.0 Å². The van der Waals surface area contributed by atoms with Crippen molar-refractivity contribution >= 4 is 17.7 Å². The number of benzene rings is 1. The van der Waals surface area contributed by atoms with Gasteiger partial charge in [-0.1, -0.05) is 6.07 Å². The first-order chi connectivity index (χ1) is 15.5. The van der Waals surface area contributed by atoms with Gasteiger partial charge in [0.2, 0.25) is 0 Å². The van der Waals surface area contributed by atoms with Gasteiger partial charge >= 0.3 is 12.1 Å². The molecule has 0 spiro atoms. The summed E-state index contributed by atoms with van der Waals surface area (Å²) in [5, 5.41) is 12.3. The van der Waals surface area contributed by atoms with E-state index in [0.717, 1.165) is 11.1 Å². The van der Waals surface area contributed by atoms with Crippen molar-refractivity contribution in [1.29, 1.82) is 0 Å². The average Bonchev–Trinajstić information content (AvgIpc) is 3.11. The van der Waals surface area contributed by atoms with Crippen LogP contribution in [0.15, 0.2) is 36.5 Å². The van der Waals surface area contributed by atoms with Gasteiger partial charge in [0.15, 0.2) is 11.5 Å². The minimum Gasteiger partial charge on any atom is -0.493 e. The van der Waals surface area contributed by atoms with Gasteiger partial charge in [-0.3, -0.25) is 0 Å². The van der Waals surface area contributed by atoms with Crippen LogP contribution in [0.2, 0.25) is 0 Å². The first-order valence-electron chi connectivity index (χ1n) is 10.5. The fourth-order valence-electron chi connectivity index (χ4n) is 3.51. The van der Waals surface area contributed by atoms with Crippen molar-refractivity contribution in [3.63, 3.8) is 0 Å². The number of carbonyl (C=O) groups excluding carboxylic acids is 1. The Morgan fingerprint density at radius 2 is 1.85 bits per heavy atom. The minimum absolute atomic E-state index is 0.0110. The summed E-state index contributed by atoms with van der Waals surface area (Å²) in [6.45, 7) is 7.07. The number of amides is 1. The standard InChI is InChI=1S/C24H29N3O6/c1-14-8-7-11-27-17(13-16(22(28)29)25-23(30)33-24(2,3)4)20(26-21(14)27)15-9-10-18(31-5)19(12-15)32-6/h7-12,16H,13H2,1-6H3,(H,25,30)(H,28,29). The monoisotopic (exact) mass is 455 g/mol. The molecule has 9 nitrogen and oxygen atoms in total. The summed E-state index contributed by atoms with van der Waals surface area (Å²) in [7, 11) is 3.10. The number of hydrogen-bond acceptors (Lipinski definition) is 6. The summed E-state index contributed by atoms with van der Waals surface area (Å²) in [6, 6.07) is 7.96. The van der Waals surface area contributed by atoms with Crippen LogP contribution in [0.3, 0.4) is 0 Å². The fraction of sp³-hybridized carbons (Fsp3) is 0.375. The number of carbonyl (C=O) groups is 2. The molecule has 2 aromatic heterocycles. The van der Waals surface area contributed by atoms with Crippen LogP contribution in [-0.2, 0) is 16.0 Å². The number of imidazole rings is 1. The molecular weight excluding hydrogens is 426 g/mol. The van der Waals surface area contributed by atoms with Crippen LogP contribution in [0.4, 0.5) is 4.79 Å². The van der Waals surface area contributed by atoms with Gasteiger partial charge in [0.1, 0.15) is 17.3 Å². The summed E-state index contributed by atoms with van der Waals surface area (Å²) in [5.74, 6) is -0.0872. The Morgan fingerprint density at radius 1 is 1.15 bits per heavy atom. The number of aryl methyl sites for hydroxylation is 1.